The Labute approximate surface area is 168 Å². The molecular formula is C23H29N3S. The van der Waals surface area contributed by atoms with Crippen LogP contribution in [0.1, 0.15) is 37.7 Å². The Bertz CT molecular complexity index is 720. The topological polar surface area (TPSA) is 27.3 Å². The Kier molecular flexibility index (Phi) is 6.05. The van der Waals surface area contributed by atoms with E-state index in [1.54, 1.807) is 0 Å². The van der Waals surface area contributed by atoms with E-state index in [1.807, 2.05) is 18.2 Å². The fourth-order valence-electron chi connectivity index (χ4n) is 4.74. The van der Waals surface area contributed by atoms with Gasteiger partial charge in [-0.2, -0.15) is 0 Å². The van der Waals surface area contributed by atoms with E-state index in [0.29, 0.717) is 18.1 Å². The van der Waals surface area contributed by atoms with Gasteiger partial charge in [0.15, 0.2) is 5.11 Å². The molecule has 2 heterocycles. The van der Waals surface area contributed by atoms with Gasteiger partial charge in [0.05, 0.1) is 0 Å². The fourth-order valence-corrected chi connectivity index (χ4v) is 5.02. The van der Waals surface area contributed by atoms with Crippen LogP contribution in [0.3, 0.4) is 0 Å². The van der Waals surface area contributed by atoms with Gasteiger partial charge in [0, 0.05) is 30.4 Å². The standard InChI is InChI=1S/C23H29N3S/c27-23(24-19-10-5-2-6-11-19)25-20-16-21-12-7-13-22(17-20)26(21)15-14-18-8-3-1-4-9-18/h1-6,8-11,20-22H,7,12-17H2,(H2,24,25,27). The molecule has 0 saturated carbocycles. The molecule has 27 heavy (non-hydrogen) atoms. The maximum absolute atomic E-state index is 5.56. The predicted octanol–water partition coefficient (Wildman–Crippen LogP) is 4.60. The van der Waals surface area contributed by atoms with Crippen molar-refractivity contribution >= 4 is 23.0 Å². The number of rotatable bonds is 5. The number of benzene rings is 2. The van der Waals surface area contributed by atoms with Crippen LogP contribution in [0.15, 0.2) is 60.7 Å². The van der Waals surface area contributed by atoms with Crippen molar-refractivity contribution < 1.29 is 0 Å². The van der Waals surface area contributed by atoms with Gasteiger partial charge >= 0.3 is 0 Å². The Morgan fingerprint density at radius 2 is 1.56 bits per heavy atom. The smallest absolute Gasteiger partial charge is 0.170 e. The van der Waals surface area contributed by atoms with E-state index in [2.05, 4.69) is 58.0 Å². The molecular weight excluding hydrogens is 350 g/mol. The first-order valence-electron chi connectivity index (χ1n) is 10.2. The molecule has 2 bridgehead atoms. The van der Waals surface area contributed by atoms with Crippen molar-refractivity contribution in [3.63, 3.8) is 0 Å². The number of nitrogens with one attached hydrogen (secondary N) is 2. The third-order valence-corrected chi connectivity index (χ3v) is 6.21. The zero-order valence-electron chi connectivity index (χ0n) is 15.8. The summed E-state index contributed by atoms with van der Waals surface area (Å²) >= 11 is 5.56. The molecule has 0 aromatic heterocycles. The molecule has 0 spiro atoms. The number of thiocarbonyl (C=S) groups is 1. The highest BCUT2D eigenvalue weighted by Crippen LogP contribution is 2.34. The monoisotopic (exact) mass is 379 g/mol. The lowest BCUT2D eigenvalue weighted by Crippen LogP contribution is -2.57. The molecule has 2 N–H and O–H groups in total. The highest BCUT2D eigenvalue weighted by Gasteiger charge is 2.37. The SMILES string of the molecule is S=C(Nc1ccccc1)NC1CC2CCCC(C1)N2CCc1ccccc1. The normalized spacial score (nSPS) is 25.0. The maximum atomic E-state index is 5.56. The summed E-state index contributed by atoms with van der Waals surface area (Å²) in [6.07, 6.45) is 7.56. The van der Waals surface area contributed by atoms with Crippen LogP contribution >= 0.6 is 12.2 Å². The Morgan fingerprint density at radius 1 is 0.926 bits per heavy atom. The second kappa shape index (κ2) is 8.85. The molecule has 2 fully saturated rings. The van der Waals surface area contributed by atoms with E-state index in [1.165, 1.54) is 44.2 Å². The number of nitrogens with zero attached hydrogens (tertiary/aromatic N) is 1. The lowest BCUT2D eigenvalue weighted by molar-refractivity contribution is 0.0293. The number of fused-ring (bicyclic) bond motifs is 2. The van der Waals surface area contributed by atoms with E-state index in [-0.39, 0.29) is 0 Å². The molecule has 4 heteroatoms. The molecule has 0 amide bonds. The van der Waals surface area contributed by atoms with Crippen LogP contribution in [0.2, 0.25) is 0 Å². The zero-order chi connectivity index (χ0) is 18.5. The van der Waals surface area contributed by atoms with Gasteiger partial charge in [-0.15, -0.1) is 0 Å². The minimum atomic E-state index is 0.483. The summed E-state index contributed by atoms with van der Waals surface area (Å²) in [6.45, 7) is 1.18. The molecule has 2 aromatic carbocycles. The third kappa shape index (κ3) is 4.88. The number of piperidine rings is 2. The van der Waals surface area contributed by atoms with Gasteiger partial charge < -0.3 is 10.6 Å². The average Bonchev–Trinajstić information content (AvgIpc) is 2.68. The van der Waals surface area contributed by atoms with Crippen LogP contribution < -0.4 is 10.6 Å². The van der Waals surface area contributed by atoms with Crippen LogP contribution in [-0.2, 0) is 6.42 Å². The Balaban J connectivity index is 1.31. The van der Waals surface area contributed by atoms with Gasteiger partial charge in [-0.25, -0.2) is 0 Å². The molecule has 2 atom stereocenters. The highest BCUT2D eigenvalue weighted by molar-refractivity contribution is 7.80. The average molecular weight is 380 g/mol. The first-order chi connectivity index (χ1) is 13.3. The lowest BCUT2D eigenvalue weighted by Gasteiger charge is -2.49. The first-order valence-corrected chi connectivity index (χ1v) is 10.6. The molecule has 2 unspecified atom stereocenters. The van der Waals surface area contributed by atoms with Crippen LogP contribution in [-0.4, -0.2) is 34.7 Å². The van der Waals surface area contributed by atoms with Crippen molar-refractivity contribution in [1.82, 2.24) is 10.2 Å². The van der Waals surface area contributed by atoms with Crippen molar-refractivity contribution in [1.29, 1.82) is 0 Å². The number of para-hydroxylation sites is 1. The number of anilines is 1. The summed E-state index contributed by atoms with van der Waals surface area (Å²) in [4.78, 5) is 2.78. The van der Waals surface area contributed by atoms with Crippen molar-refractivity contribution in [3.8, 4) is 0 Å². The molecule has 3 nitrogen and oxygen atoms in total. The van der Waals surface area contributed by atoms with Crippen molar-refractivity contribution in [2.24, 2.45) is 0 Å². The van der Waals surface area contributed by atoms with E-state index in [4.69, 9.17) is 12.2 Å². The Hall–Kier alpha value is -1.91. The van der Waals surface area contributed by atoms with Crippen LogP contribution in [0.4, 0.5) is 5.69 Å². The molecule has 4 rings (SSSR count). The van der Waals surface area contributed by atoms with Gasteiger partial charge in [0.1, 0.15) is 0 Å². The Morgan fingerprint density at radius 3 is 2.22 bits per heavy atom. The first kappa shape index (κ1) is 18.5. The van der Waals surface area contributed by atoms with Gasteiger partial charge in [0.2, 0.25) is 0 Å². The predicted molar refractivity (Wildman–Crippen MR) is 117 cm³/mol. The van der Waals surface area contributed by atoms with Gasteiger partial charge in [-0.1, -0.05) is 55.0 Å². The molecule has 0 aliphatic carbocycles. The third-order valence-electron chi connectivity index (χ3n) is 5.99. The summed E-state index contributed by atoms with van der Waals surface area (Å²) in [7, 11) is 0. The maximum Gasteiger partial charge on any atom is 0.170 e. The van der Waals surface area contributed by atoms with Crippen LogP contribution in [0, 0.1) is 0 Å². The lowest BCUT2D eigenvalue weighted by atomic mass is 9.81. The van der Waals surface area contributed by atoms with Crippen molar-refractivity contribution in [2.45, 2.75) is 56.7 Å². The summed E-state index contributed by atoms with van der Waals surface area (Å²) in [5, 5.41) is 7.66. The summed E-state index contributed by atoms with van der Waals surface area (Å²) in [6, 6.07) is 22.9. The summed E-state index contributed by atoms with van der Waals surface area (Å²) < 4.78 is 0. The van der Waals surface area contributed by atoms with Crippen molar-refractivity contribution in [2.75, 3.05) is 11.9 Å². The van der Waals surface area contributed by atoms with Crippen LogP contribution in [0.5, 0.6) is 0 Å². The molecule has 2 aliphatic heterocycles. The van der Waals surface area contributed by atoms with E-state index >= 15 is 0 Å². The second-order valence-corrected chi connectivity index (χ2v) is 8.25. The summed E-state index contributed by atoms with van der Waals surface area (Å²) in [5.41, 5.74) is 2.50. The van der Waals surface area contributed by atoms with E-state index in [9.17, 15) is 0 Å². The highest BCUT2D eigenvalue weighted by atomic mass is 32.1. The quantitative estimate of drug-likeness (QED) is 0.743. The minimum absolute atomic E-state index is 0.483. The molecule has 2 aromatic rings. The second-order valence-electron chi connectivity index (χ2n) is 7.84. The molecule has 142 valence electrons. The zero-order valence-corrected chi connectivity index (χ0v) is 16.6. The van der Waals surface area contributed by atoms with Gasteiger partial charge in [-0.05, 0) is 62.0 Å². The summed E-state index contributed by atoms with van der Waals surface area (Å²) in [5.74, 6) is 0. The van der Waals surface area contributed by atoms with E-state index < -0.39 is 0 Å². The molecule has 2 saturated heterocycles. The van der Waals surface area contributed by atoms with Gasteiger partial charge in [-0.3, -0.25) is 4.90 Å². The largest absolute Gasteiger partial charge is 0.360 e. The number of hydrogen-bond acceptors (Lipinski definition) is 2. The van der Waals surface area contributed by atoms with Crippen molar-refractivity contribution in [3.05, 3.63) is 66.2 Å². The number of hydrogen-bond donors (Lipinski definition) is 2. The molecule has 2 aliphatic rings. The van der Waals surface area contributed by atoms with Gasteiger partial charge in [0.25, 0.3) is 0 Å². The molecule has 0 radical (unpaired) electrons. The van der Waals surface area contributed by atoms with E-state index in [0.717, 1.165) is 17.2 Å². The fraction of sp³-hybridized carbons (Fsp3) is 0.435. The minimum Gasteiger partial charge on any atom is -0.360 e. The van der Waals surface area contributed by atoms with Crippen LogP contribution in [0.25, 0.3) is 0 Å².